The third-order valence-electron chi connectivity index (χ3n) is 2.85. The van der Waals surface area contributed by atoms with Crippen LogP contribution in [0, 0.1) is 11.6 Å². The molecule has 1 aromatic carbocycles. The molecular formula is C14H14BrF2NS. The van der Waals surface area contributed by atoms with Gasteiger partial charge < -0.3 is 5.32 Å². The first kappa shape index (κ1) is 14.6. The van der Waals surface area contributed by atoms with Gasteiger partial charge in [-0.3, -0.25) is 0 Å². The first-order valence-electron chi connectivity index (χ1n) is 6.02. The number of thiophene rings is 1. The molecule has 1 unspecified atom stereocenters. The molecule has 0 radical (unpaired) electrons. The second-order valence-electron chi connectivity index (χ2n) is 4.18. The standard InChI is InChI=1S/C14H14BrF2NS/c1-2-18-13(14-11(15)5-6-19-14)7-9-3-4-10(16)8-12(9)17/h3-6,8,13,18H,2,7H2,1H3. The Morgan fingerprint density at radius 1 is 1.32 bits per heavy atom. The highest BCUT2D eigenvalue weighted by Gasteiger charge is 2.17. The molecule has 1 N–H and O–H groups in total. The summed E-state index contributed by atoms with van der Waals surface area (Å²) in [5.74, 6) is -1.03. The molecule has 0 bridgehead atoms. The quantitative estimate of drug-likeness (QED) is 0.829. The van der Waals surface area contributed by atoms with Crippen molar-refractivity contribution in [2.45, 2.75) is 19.4 Å². The summed E-state index contributed by atoms with van der Waals surface area (Å²) in [7, 11) is 0. The van der Waals surface area contributed by atoms with E-state index in [1.807, 2.05) is 18.4 Å². The maximum absolute atomic E-state index is 13.7. The number of likely N-dealkylation sites (N-methyl/N-ethyl adjacent to an activating group) is 1. The van der Waals surface area contributed by atoms with E-state index in [1.54, 1.807) is 11.3 Å². The van der Waals surface area contributed by atoms with E-state index in [4.69, 9.17) is 0 Å². The normalized spacial score (nSPS) is 12.6. The summed E-state index contributed by atoms with van der Waals surface area (Å²) >= 11 is 5.12. The van der Waals surface area contributed by atoms with Crippen LogP contribution in [-0.4, -0.2) is 6.54 Å². The summed E-state index contributed by atoms with van der Waals surface area (Å²) in [4.78, 5) is 1.13. The molecule has 0 aliphatic rings. The molecule has 0 aliphatic heterocycles. The van der Waals surface area contributed by atoms with Crippen LogP contribution in [0.4, 0.5) is 8.78 Å². The summed E-state index contributed by atoms with van der Waals surface area (Å²) < 4.78 is 27.6. The minimum atomic E-state index is -0.543. The highest BCUT2D eigenvalue weighted by Crippen LogP contribution is 2.31. The number of benzene rings is 1. The summed E-state index contributed by atoms with van der Waals surface area (Å²) in [6.07, 6.45) is 0.499. The van der Waals surface area contributed by atoms with Gasteiger partial charge in [0.2, 0.25) is 0 Å². The number of rotatable bonds is 5. The average Bonchev–Trinajstić information content (AvgIpc) is 2.78. The molecule has 1 aromatic heterocycles. The molecule has 2 aromatic rings. The van der Waals surface area contributed by atoms with Crippen molar-refractivity contribution in [3.63, 3.8) is 0 Å². The first-order chi connectivity index (χ1) is 9.11. The van der Waals surface area contributed by atoms with Crippen LogP contribution in [0.1, 0.15) is 23.4 Å². The Morgan fingerprint density at radius 3 is 2.68 bits per heavy atom. The van der Waals surface area contributed by atoms with Crippen molar-refractivity contribution in [1.29, 1.82) is 0 Å². The largest absolute Gasteiger partial charge is 0.309 e. The summed E-state index contributed by atoms with van der Waals surface area (Å²) in [5, 5.41) is 5.33. The Bertz CT molecular complexity index is 556. The van der Waals surface area contributed by atoms with Gasteiger partial charge in [0.15, 0.2) is 0 Å². The third-order valence-corrected chi connectivity index (χ3v) is 4.84. The molecule has 1 heterocycles. The molecule has 0 aliphatic carbocycles. The Balaban J connectivity index is 2.24. The SMILES string of the molecule is CCNC(Cc1ccc(F)cc1F)c1sccc1Br. The molecule has 2 rings (SSSR count). The molecule has 0 spiro atoms. The molecule has 1 atom stereocenters. The molecular weight excluding hydrogens is 332 g/mol. The van der Waals surface area contributed by atoms with Gasteiger partial charge in [-0.05, 0) is 52.0 Å². The number of halogens is 3. The zero-order valence-corrected chi connectivity index (χ0v) is 12.8. The fourth-order valence-corrected chi connectivity index (χ4v) is 3.69. The zero-order valence-electron chi connectivity index (χ0n) is 10.4. The van der Waals surface area contributed by atoms with Crippen molar-refractivity contribution in [3.05, 3.63) is 56.2 Å². The monoisotopic (exact) mass is 345 g/mol. The fourth-order valence-electron chi connectivity index (χ4n) is 1.97. The van der Waals surface area contributed by atoms with Crippen molar-refractivity contribution in [2.75, 3.05) is 6.54 Å². The van der Waals surface area contributed by atoms with Gasteiger partial charge in [0, 0.05) is 21.5 Å². The van der Waals surface area contributed by atoms with Crippen LogP contribution in [0.5, 0.6) is 0 Å². The molecule has 0 saturated carbocycles. The second-order valence-corrected chi connectivity index (χ2v) is 5.98. The minimum absolute atomic E-state index is 0.0272. The van der Waals surface area contributed by atoms with E-state index in [-0.39, 0.29) is 6.04 Å². The summed E-state index contributed by atoms with van der Waals surface area (Å²) in [6, 6.07) is 5.74. The Labute approximate surface area is 123 Å². The van der Waals surface area contributed by atoms with Crippen LogP contribution in [0.15, 0.2) is 34.1 Å². The lowest BCUT2D eigenvalue weighted by Gasteiger charge is -2.17. The first-order valence-corrected chi connectivity index (χ1v) is 7.69. The average molecular weight is 346 g/mol. The minimum Gasteiger partial charge on any atom is -0.309 e. The van der Waals surface area contributed by atoms with Gasteiger partial charge in [-0.2, -0.15) is 0 Å². The van der Waals surface area contributed by atoms with Gasteiger partial charge in [-0.15, -0.1) is 11.3 Å². The van der Waals surface area contributed by atoms with Crippen molar-refractivity contribution >= 4 is 27.3 Å². The van der Waals surface area contributed by atoms with Gasteiger partial charge in [0.1, 0.15) is 11.6 Å². The van der Waals surface area contributed by atoms with E-state index in [2.05, 4.69) is 21.2 Å². The lowest BCUT2D eigenvalue weighted by molar-refractivity contribution is 0.525. The second kappa shape index (κ2) is 6.59. The zero-order chi connectivity index (χ0) is 13.8. The van der Waals surface area contributed by atoms with Crippen molar-refractivity contribution in [2.24, 2.45) is 0 Å². The lowest BCUT2D eigenvalue weighted by atomic mass is 10.0. The van der Waals surface area contributed by atoms with Crippen LogP contribution >= 0.6 is 27.3 Å². The van der Waals surface area contributed by atoms with Crippen LogP contribution in [-0.2, 0) is 6.42 Å². The van der Waals surface area contributed by atoms with Crippen LogP contribution in [0.2, 0.25) is 0 Å². The highest BCUT2D eigenvalue weighted by molar-refractivity contribution is 9.10. The Kier molecular flexibility index (Phi) is 5.07. The third kappa shape index (κ3) is 3.61. The number of nitrogens with one attached hydrogen (secondary N) is 1. The van der Waals surface area contributed by atoms with Crippen molar-refractivity contribution in [3.8, 4) is 0 Å². The van der Waals surface area contributed by atoms with Gasteiger partial charge >= 0.3 is 0 Å². The van der Waals surface area contributed by atoms with E-state index in [0.29, 0.717) is 12.0 Å². The fraction of sp³-hybridized carbons (Fsp3) is 0.286. The predicted molar refractivity (Wildman–Crippen MR) is 78.5 cm³/mol. The molecule has 0 amide bonds. The molecule has 5 heteroatoms. The summed E-state index contributed by atoms with van der Waals surface area (Å²) in [5.41, 5.74) is 0.521. The molecule has 102 valence electrons. The number of hydrogen-bond donors (Lipinski definition) is 1. The van der Waals surface area contributed by atoms with E-state index in [1.165, 1.54) is 12.1 Å². The van der Waals surface area contributed by atoms with E-state index < -0.39 is 11.6 Å². The summed E-state index contributed by atoms with van der Waals surface area (Å²) in [6.45, 7) is 2.80. The van der Waals surface area contributed by atoms with E-state index in [0.717, 1.165) is 22.0 Å². The maximum Gasteiger partial charge on any atom is 0.129 e. The van der Waals surface area contributed by atoms with Gasteiger partial charge in [-0.25, -0.2) is 8.78 Å². The van der Waals surface area contributed by atoms with Crippen LogP contribution < -0.4 is 5.32 Å². The van der Waals surface area contributed by atoms with Crippen LogP contribution in [0.3, 0.4) is 0 Å². The van der Waals surface area contributed by atoms with E-state index in [9.17, 15) is 8.78 Å². The van der Waals surface area contributed by atoms with Gasteiger partial charge in [0.05, 0.1) is 0 Å². The van der Waals surface area contributed by atoms with Crippen LogP contribution in [0.25, 0.3) is 0 Å². The maximum atomic E-state index is 13.7. The Morgan fingerprint density at radius 2 is 2.11 bits per heavy atom. The topological polar surface area (TPSA) is 12.0 Å². The molecule has 19 heavy (non-hydrogen) atoms. The number of hydrogen-bond acceptors (Lipinski definition) is 2. The Hall–Kier alpha value is -0.780. The smallest absolute Gasteiger partial charge is 0.129 e. The molecule has 0 fully saturated rings. The van der Waals surface area contributed by atoms with Gasteiger partial charge in [-0.1, -0.05) is 13.0 Å². The van der Waals surface area contributed by atoms with Crippen molar-refractivity contribution < 1.29 is 8.78 Å². The van der Waals surface area contributed by atoms with Gasteiger partial charge in [0.25, 0.3) is 0 Å². The predicted octanol–water partition coefficient (Wildman–Crippen LogP) is 4.68. The molecule has 0 saturated heterocycles. The molecule has 1 nitrogen and oxygen atoms in total. The van der Waals surface area contributed by atoms with Crippen molar-refractivity contribution in [1.82, 2.24) is 5.32 Å². The van der Waals surface area contributed by atoms with E-state index >= 15 is 0 Å². The highest BCUT2D eigenvalue weighted by atomic mass is 79.9. The lowest BCUT2D eigenvalue weighted by Crippen LogP contribution is -2.22.